The standard InChI is InChI=1S/C14H25N3O2S2/c1-11(2)15-8-13-7-14(9-16(13)4)21(18,19)17-5-6-20-10-12(17)3/h7,9,11-12,15H,5-6,8,10H2,1-4H3. The number of sulfonamides is 1. The molecule has 1 fully saturated rings. The van der Waals surface area contributed by atoms with Crippen molar-refractivity contribution in [1.29, 1.82) is 0 Å². The molecule has 5 nitrogen and oxygen atoms in total. The van der Waals surface area contributed by atoms with Crippen LogP contribution in [0.5, 0.6) is 0 Å². The molecule has 7 heteroatoms. The highest BCUT2D eigenvalue weighted by Gasteiger charge is 2.32. The van der Waals surface area contributed by atoms with Gasteiger partial charge < -0.3 is 9.88 Å². The van der Waals surface area contributed by atoms with Crippen molar-refractivity contribution in [2.75, 3.05) is 18.1 Å². The Morgan fingerprint density at radius 1 is 1.48 bits per heavy atom. The van der Waals surface area contributed by atoms with Crippen LogP contribution in [0.2, 0.25) is 0 Å². The number of rotatable bonds is 5. The molecule has 0 aliphatic carbocycles. The van der Waals surface area contributed by atoms with Gasteiger partial charge in [-0.05, 0) is 13.0 Å². The number of nitrogens with one attached hydrogen (secondary N) is 1. The smallest absolute Gasteiger partial charge is 0.244 e. The van der Waals surface area contributed by atoms with Crippen molar-refractivity contribution in [3.63, 3.8) is 0 Å². The third-order valence-electron chi connectivity index (χ3n) is 3.69. The van der Waals surface area contributed by atoms with Gasteiger partial charge in [-0.25, -0.2) is 8.42 Å². The Kier molecular flexibility index (Phi) is 5.40. The third kappa shape index (κ3) is 3.83. The normalized spacial score (nSPS) is 21.1. The number of nitrogens with zero attached hydrogens (tertiary/aromatic N) is 2. The van der Waals surface area contributed by atoms with Crippen LogP contribution in [0, 0.1) is 0 Å². The lowest BCUT2D eigenvalue weighted by Gasteiger charge is -2.31. The molecule has 1 N–H and O–H groups in total. The van der Waals surface area contributed by atoms with Crippen LogP contribution >= 0.6 is 11.8 Å². The van der Waals surface area contributed by atoms with Gasteiger partial charge in [0.15, 0.2) is 0 Å². The summed E-state index contributed by atoms with van der Waals surface area (Å²) >= 11 is 1.82. The quantitative estimate of drug-likeness (QED) is 0.891. The predicted molar refractivity (Wildman–Crippen MR) is 88.1 cm³/mol. The Bertz CT molecular complexity index is 581. The minimum Gasteiger partial charge on any atom is -0.352 e. The summed E-state index contributed by atoms with van der Waals surface area (Å²) in [6.07, 6.45) is 1.72. The molecule has 1 aromatic heterocycles. The van der Waals surface area contributed by atoms with Gasteiger partial charge in [0, 0.05) is 55.6 Å². The number of hydrogen-bond acceptors (Lipinski definition) is 4. The molecule has 2 heterocycles. The van der Waals surface area contributed by atoms with Gasteiger partial charge in [-0.1, -0.05) is 13.8 Å². The van der Waals surface area contributed by atoms with E-state index in [-0.39, 0.29) is 6.04 Å². The summed E-state index contributed by atoms with van der Waals surface area (Å²) < 4.78 is 29.1. The molecule has 1 aliphatic rings. The second-order valence-corrected chi connectivity index (χ2v) is 8.89. The lowest BCUT2D eigenvalue weighted by Crippen LogP contribution is -2.44. The maximum Gasteiger partial charge on any atom is 0.244 e. The van der Waals surface area contributed by atoms with E-state index in [4.69, 9.17) is 0 Å². The van der Waals surface area contributed by atoms with Gasteiger partial charge in [-0.2, -0.15) is 16.1 Å². The fourth-order valence-corrected chi connectivity index (χ4v) is 5.36. The fourth-order valence-electron chi connectivity index (χ4n) is 2.41. The van der Waals surface area contributed by atoms with E-state index in [2.05, 4.69) is 19.2 Å². The molecule has 21 heavy (non-hydrogen) atoms. The van der Waals surface area contributed by atoms with Crippen molar-refractivity contribution in [1.82, 2.24) is 14.2 Å². The van der Waals surface area contributed by atoms with E-state index < -0.39 is 10.0 Å². The summed E-state index contributed by atoms with van der Waals surface area (Å²) in [7, 11) is -1.49. The summed E-state index contributed by atoms with van der Waals surface area (Å²) in [6, 6.07) is 2.23. The molecule has 1 unspecified atom stereocenters. The monoisotopic (exact) mass is 331 g/mol. The number of hydrogen-bond donors (Lipinski definition) is 1. The van der Waals surface area contributed by atoms with Gasteiger partial charge in [0.05, 0.1) is 0 Å². The highest BCUT2D eigenvalue weighted by Crippen LogP contribution is 2.25. The Balaban J connectivity index is 2.22. The van der Waals surface area contributed by atoms with Crippen molar-refractivity contribution >= 4 is 21.8 Å². The van der Waals surface area contributed by atoms with E-state index in [0.29, 0.717) is 24.0 Å². The lowest BCUT2D eigenvalue weighted by atomic mass is 10.3. The molecule has 0 spiro atoms. The van der Waals surface area contributed by atoms with Crippen LogP contribution < -0.4 is 5.32 Å². The second-order valence-electron chi connectivity index (χ2n) is 5.85. The van der Waals surface area contributed by atoms with Crippen LogP contribution in [0.25, 0.3) is 0 Å². The van der Waals surface area contributed by atoms with Crippen LogP contribution in [0.1, 0.15) is 26.5 Å². The van der Waals surface area contributed by atoms with Crippen molar-refractivity contribution in [2.45, 2.75) is 44.3 Å². The molecule has 1 atom stereocenters. The highest BCUT2D eigenvalue weighted by molar-refractivity contribution is 7.99. The van der Waals surface area contributed by atoms with Gasteiger partial charge in [-0.3, -0.25) is 0 Å². The van der Waals surface area contributed by atoms with Crippen LogP contribution in [0.3, 0.4) is 0 Å². The van der Waals surface area contributed by atoms with Crippen LogP contribution in [-0.2, 0) is 23.6 Å². The molecule has 0 radical (unpaired) electrons. The average Bonchev–Trinajstić information content (AvgIpc) is 2.79. The van der Waals surface area contributed by atoms with E-state index >= 15 is 0 Å². The number of aryl methyl sites for hydroxylation is 1. The first-order valence-corrected chi connectivity index (χ1v) is 9.90. The summed E-state index contributed by atoms with van der Waals surface area (Å²) in [5, 5.41) is 3.32. The molecule has 120 valence electrons. The molecular formula is C14H25N3O2S2. The van der Waals surface area contributed by atoms with Crippen molar-refractivity contribution in [2.24, 2.45) is 7.05 Å². The largest absolute Gasteiger partial charge is 0.352 e. The zero-order valence-corrected chi connectivity index (χ0v) is 14.8. The van der Waals surface area contributed by atoms with E-state index in [1.807, 2.05) is 30.3 Å². The molecule has 1 saturated heterocycles. The van der Waals surface area contributed by atoms with Gasteiger partial charge in [0.25, 0.3) is 0 Å². The average molecular weight is 332 g/mol. The summed E-state index contributed by atoms with van der Waals surface area (Å²) in [5.41, 5.74) is 0.987. The molecule has 1 aliphatic heterocycles. The van der Waals surface area contributed by atoms with Crippen molar-refractivity contribution in [3.8, 4) is 0 Å². The molecule has 0 aromatic carbocycles. The maximum atomic E-state index is 12.8. The lowest BCUT2D eigenvalue weighted by molar-refractivity contribution is 0.367. The third-order valence-corrected chi connectivity index (χ3v) is 6.86. The minimum absolute atomic E-state index is 0.0613. The van der Waals surface area contributed by atoms with Gasteiger partial charge in [-0.15, -0.1) is 0 Å². The first-order chi connectivity index (χ1) is 9.82. The van der Waals surface area contributed by atoms with Gasteiger partial charge in [0.1, 0.15) is 4.90 Å². The number of thioether (sulfide) groups is 1. The van der Waals surface area contributed by atoms with Crippen molar-refractivity contribution in [3.05, 3.63) is 18.0 Å². The van der Waals surface area contributed by atoms with Crippen molar-refractivity contribution < 1.29 is 8.42 Å². The zero-order chi connectivity index (χ0) is 15.6. The molecular weight excluding hydrogens is 306 g/mol. The summed E-state index contributed by atoms with van der Waals surface area (Å²) in [6.45, 7) is 7.41. The zero-order valence-electron chi connectivity index (χ0n) is 13.2. The van der Waals surface area contributed by atoms with Gasteiger partial charge >= 0.3 is 0 Å². The van der Waals surface area contributed by atoms with E-state index in [1.165, 1.54) is 0 Å². The Hall–Kier alpha value is -0.500. The molecule has 2 rings (SSSR count). The predicted octanol–water partition coefficient (Wildman–Crippen LogP) is 1.65. The SMILES string of the molecule is CC(C)NCc1cc(S(=O)(=O)N2CCSCC2C)cn1C. The molecule has 1 aromatic rings. The fraction of sp³-hybridized carbons (Fsp3) is 0.714. The first-order valence-electron chi connectivity index (χ1n) is 7.30. The molecule has 0 amide bonds. The topological polar surface area (TPSA) is 54.3 Å². The van der Waals surface area contributed by atoms with Gasteiger partial charge in [0.2, 0.25) is 10.0 Å². The Morgan fingerprint density at radius 2 is 2.19 bits per heavy atom. The van der Waals surface area contributed by atoms with Crippen LogP contribution in [-0.4, -0.2) is 47.4 Å². The van der Waals surface area contributed by atoms with E-state index in [9.17, 15) is 8.42 Å². The maximum absolute atomic E-state index is 12.8. The summed E-state index contributed by atoms with van der Waals surface area (Å²) in [4.78, 5) is 0.407. The Labute approximate surface area is 132 Å². The van der Waals surface area contributed by atoms with E-state index in [1.54, 1.807) is 16.6 Å². The Morgan fingerprint density at radius 3 is 2.81 bits per heavy atom. The minimum atomic E-state index is -3.38. The van der Waals surface area contributed by atoms with Crippen LogP contribution in [0.15, 0.2) is 17.2 Å². The highest BCUT2D eigenvalue weighted by atomic mass is 32.2. The van der Waals surface area contributed by atoms with E-state index in [0.717, 1.165) is 17.2 Å². The number of aromatic nitrogens is 1. The second kappa shape index (κ2) is 6.73. The van der Waals surface area contributed by atoms with Crippen LogP contribution in [0.4, 0.5) is 0 Å². The first kappa shape index (κ1) is 16.9. The molecule has 0 saturated carbocycles. The summed E-state index contributed by atoms with van der Waals surface area (Å²) in [5.74, 6) is 1.74. The molecule has 0 bridgehead atoms.